The quantitative estimate of drug-likeness (QED) is 0.761. The molecule has 0 aromatic rings. The van der Waals surface area contributed by atoms with E-state index in [1.165, 1.54) is 0 Å². The Balaban J connectivity index is 2.78. The average molecular weight is 298 g/mol. The number of likely N-dealkylation sites (N-methyl/N-ethyl adjacent to an activating group) is 1. The van der Waals surface area contributed by atoms with Crippen LogP contribution >= 0.6 is 0 Å². The summed E-state index contributed by atoms with van der Waals surface area (Å²) in [5, 5.41) is 0. The van der Waals surface area contributed by atoms with Gasteiger partial charge in [0.05, 0.1) is 5.54 Å². The summed E-state index contributed by atoms with van der Waals surface area (Å²) in [5.41, 5.74) is 5.57. The van der Waals surface area contributed by atoms with Gasteiger partial charge in [-0.05, 0) is 60.4 Å². The van der Waals surface area contributed by atoms with Gasteiger partial charge in [0.1, 0.15) is 0 Å². The first-order valence-electron chi connectivity index (χ1n) is 8.21. The highest BCUT2D eigenvalue weighted by atomic mass is 16.2. The van der Waals surface area contributed by atoms with E-state index in [-0.39, 0.29) is 5.91 Å². The van der Waals surface area contributed by atoms with E-state index in [0.29, 0.717) is 6.04 Å². The van der Waals surface area contributed by atoms with Gasteiger partial charge < -0.3 is 20.4 Å². The molecular weight excluding hydrogens is 264 g/mol. The van der Waals surface area contributed by atoms with E-state index in [1.54, 1.807) is 0 Å². The topological polar surface area (TPSA) is 52.8 Å². The van der Waals surface area contributed by atoms with Crippen LogP contribution in [0.4, 0.5) is 0 Å². The molecule has 0 spiro atoms. The van der Waals surface area contributed by atoms with E-state index in [1.807, 2.05) is 21.0 Å². The summed E-state index contributed by atoms with van der Waals surface area (Å²) in [6.07, 6.45) is 3.79. The van der Waals surface area contributed by atoms with Crippen LogP contribution in [0.2, 0.25) is 0 Å². The Morgan fingerprint density at radius 3 is 2.33 bits per heavy atom. The Hall–Kier alpha value is -0.650. The van der Waals surface area contributed by atoms with Gasteiger partial charge in [0.15, 0.2) is 0 Å². The van der Waals surface area contributed by atoms with Crippen molar-refractivity contribution in [2.45, 2.75) is 51.1 Å². The number of amides is 1. The van der Waals surface area contributed by atoms with Crippen LogP contribution in [0, 0.1) is 0 Å². The lowest BCUT2D eigenvalue weighted by Crippen LogP contribution is -2.58. The Labute approximate surface area is 130 Å². The number of nitrogens with two attached hydrogens (primary N) is 1. The Morgan fingerprint density at radius 2 is 1.86 bits per heavy atom. The van der Waals surface area contributed by atoms with Crippen LogP contribution in [-0.2, 0) is 4.79 Å². The largest absolute Gasteiger partial charge is 0.337 e. The van der Waals surface area contributed by atoms with Gasteiger partial charge >= 0.3 is 0 Å². The molecule has 0 radical (unpaired) electrons. The van der Waals surface area contributed by atoms with Gasteiger partial charge in [-0.1, -0.05) is 13.3 Å². The molecule has 1 aliphatic rings. The molecule has 5 nitrogen and oxygen atoms in total. The lowest BCUT2D eigenvalue weighted by Gasteiger charge is -2.41. The Bertz CT molecular complexity index is 322. The third kappa shape index (κ3) is 5.57. The number of carbonyl (C=O) groups excluding carboxylic acids is 1. The van der Waals surface area contributed by atoms with Crippen molar-refractivity contribution < 1.29 is 4.79 Å². The third-order valence-electron chi connectivity index (χ3n) is 4.44. The van der Waals surface area contributed by atoms with Crippen molar-refractivity contribution in [2.24, 2.45) is 5.73 Å². The van der Waals surface area contributed by atoms with Crippen molar-refractivity contribution in [1.29, 1.82) is 0 Å². The van der Waals surface area contributed by atoms with Crippen LogP contribution in [-0.4, -0.2) is 79.5 Å². The number of hydrogen-bond donors (Lipinski definition) is 1. The number of likely N-dealkylation sites (tertiary alicyclic amines) is 1. The molecule has 1 rings (SSSR count). The summed E-state index contributed by atoms with van der Waals surface area (Å²) in [6.45, 7) is 7.75. The molecule has 1 saturated heterocycles. The van der Waals surface area contributed by atoms with Gasteiger partial charge in [0, 0.05) is 19.1 Å². The zero-order valence-electron chi connectivity index (χ0n) is 14.6. The highest BCUT2D eigenvalue weighted by Gasteiger charge is 2.36. The summed E-state index contributed by atoms with van der Waals surface area (Å²) in [5.74, 6) is 0.126. The zero-order chi connectivity index (χ0) is 16.0. The van der Waals surface area contributed by atoms with Crippen LogP contribution < -0.4 is 5.73 Å². The summed E-state index contributed by atoms with van der Waals surface area (Å²) in [7, 11) is 6.24. The van der Waals surface area contributed by atoms with Crippen LogP contribution in [0.1, 0.15) is 39.5 Å². The van der Waals surface area contributed by atoms with E-state index in [4.69, 9.17) is 5.73 Å². The minimum Gasteiger partial charge on any atom is -0.337 e. The second-order valence-electron chi connectivity index (χ2n) is 7.00. The minimum absolute atomic E-state index is 0.126. The van der Waals surface area contributed by atoms with Crippen molar-refractivity contribution in [1.82, 2.24) is 14.7 Å². The molecule has 5 heteroatoms. The first kappa shape index (κ1) is 18.4. The lowest BCUT2D eigenvalue weighted by atomic mass is 9.93. The highest BCUT2D eigenvalue weighted by molar-refractivity contribution is 5.86. The summed E-state index contributed by atoms with van der Waals surface area (Å²) >= 11 is 0. The molecule has 0 bridgehead atoms. The van der Waals surface area contributed by atoms with Gasteiger partial charge in [-0.3, -0.25) is 4.79 Å². The molecular formula is C16H34N4O. The molecule has 21 heavy (non-hydrogen) atoms. The number of piperidine rings is 1. The van der Waals surface area contributed by atoms with Gasteiger partial charge in [0.25, 0.3) is 0 Å². The van der Waals surface area contributed by atoms with Crippen LogP contribution in [0.15, 0.2) is 0 Å². The van der Waals surface area contributed by atoms with Gasteiger partial charge in [-0.25, -0.2) is 0 Å². The van der Waals surface area contributed by atoms with Crippen molar-refractivity contribution in [3.63, 3.8) is 0 Å². The molecule has 0 aromatic heterocycles. The molecule has 1 heterocycles. The molecule has 1 fully saturated rings. The van der Waals surface area contributed by atoms with E-state index in [0.717, 1.165) is 51.9 Å². The number of rotatable bonds is 7. The van der Waals surface area contributed by atoms with Crippen molar-refractivity contribution in [3.05, 3.63) is 0 Å². The number of hydrogen-bond acceptors (Lipinski definition) is 4. The smallest absolute Gasteiger partial charge is 0.242 e. The van der Waals surface area contributed by atoms with Gasteiger partial charge in [-0.2, -0.15) is 0 Å². The molecule has 124 valence electrons. The molecule has 1 atom stereocenters. The second-order valence-corrected chi connectivity index (χ2v) is 7.00. The molecule has 0 aromatic carbocycles. The second kappa shape index (κ2) is 8.11. The SMILES string of the molecule is CCCC(C)(N)C(=O)N(CCN(C)C)C1CCN(C)CC1. The maximum atomic E-state index is 12.9. The third-order valence-corrected chi connectivity index (χ3v) is 4.44. The lowest BCUT2D eigenvalue weighted by molar-refractivity contribution is -0.140. The summed E-state index contributed by atoms with van der Waals surface area (Å²) in [6, 6.07) is 0.341. The maximum Gasteiger partial charge on any atom is 0.242 e. The molecule has 1 aliphatic heterocycles. The van der Waals surface area contributed by atoms with Crippen molar-refractivity contribution >= 4 is 5.91 Å². The predicted molar refractivity (Wildman–Crippen MR) is 88.3 cm³/mol. The van der Waals surface area contributed by atoms with Gasteiger partial charge in [0.2, 0.25) is 5.91 Å². The molecule has 1 amide bonds. The van der Waals surface area contributed by atoms with Gasteiger partial charge in [-0.15, -0.1) is 0 Å². The number of carbonyl (C=O) groups is 1. The van der Waals surface area contributed by atoms with Crippen LogP contribution in [0.5, 0.6) is 0 Å². The van der Waals surface area contributed by atoms with E-state index < -0.39 is 5.54 Å². The van der Waals surface area contributed by atoms with E-state index >= 15 is 0 Å². The average Bonchev–Trinajstić information content (AvgIpc) is 2.40. The fourth-order valence-corrected chi connectivity index (χ4v) is 3.02. The highest BCUT2D eigenvalue weighted by Crippen LogP contribution is 2.21. The fraction of sp³-hybridized carbons (Fsp3) is 0.938. The summed E-state index contributed by atoms with van der Waals surface area (Å²) in [4.78, 5) is 19.4. The normalized spacial score (nSPS) is 20.5. The maximum absolute atomic E-state index is 12.9. The van der Waals surface area contributed by atoms with Crippen LogP contribution in [0.25, 0.3) is 0 Å². The van der Waals surface area contributed by atoms with Crippen molar-refractivity contribution in [2.75, 3.05) is 47.3 Å². The van der Waals surface area contributed by atoms with E-state index in [9.17, 15) is 4.79 Å². The monoisotopic (exact) mass is 298 g/mol. The van der Waals surface area contributed by atoms with E-state index in [2.05, 4.69) is 28.7 Å². The first-order chi connectivity index (χ1) is 9.77. The molecule has 1 unspecified atom stereocenters. The predicted octanol–water partition coefficient (Wildman–Crippen LogP) is 0.988. The Kier molecular flexibility index (Phi) is 7.10. The minimum atomic E-state index is -0.732. The standard InChI is InChI=1S/C16H34N4O/c1-6-9-16(2,17)15(21)20(13-12-18(3)4)14-7-10-19(5)11-8-14/h14H,6-13,17H2,1-5H3. The fourth-order valence-electron chi connectivity index (χ4n) is 3.02. The molecule has 0 aliphatic carbocycles. The zero-order valence-corrected chi connectivity index (χ0v) is 14.6. The number of nitrogens with zero attached hydrogens (tertiary/aromatic N) is 3. The molecule has 2 N–H and O–H groups in total. The van der Waals surface area contributed by atoms with Crippen molar-refractivity contribution in [3.8, 4) is 0 Å². The Morgan fingerprint density at radius 1 is 1.29 bits per heavy atom. The summed E-state index contributed by atoms with van der Waals surface area (Å²) < 4.78 is 0. The molecule has 0 saturated carbocycles. The first-order valence-corrected chi connectivity index (χ1v) is 8.21. The van der Waals surface area contributed by atoms with Crippen LogP contribution in [0.3, 0.4) is 0 Å².